The van der Waals surface area contributed by atoms with E-state index in [0.717, 1.165) is 42.4 Å². The molecule has 3 nitrogen and oxygen atoms in total. The predicted molar refractivity (Wildman–Crippen MR) is 79.7 cm³/mol. The highest BCUT2D eigenvalue weighted by Gasteiger charge is 2.56. The van der Waals surface area contributed by atoms with Gasteiger partial charge in [0.15, 0.2) is 5.78 Å². The van der Waals surface area contributed by atoms with Gasteiger partial charge < -0.3 is 10.2 Å². The number of fused-ring (bicyclic) bond motifs is 5. The van der Waals surface area contributed by atoms with E-state index in [1.165, 1.54) is 0 Å². The van der Waals surface area contributed by atoms with Crippen molar-refractivity contribution < 1.29 is 15.0 Å². The standard InChI is InChI=1S/C18H20O3/c1-18-15(6-7-16(18)20)13-4-2-10-8-11(19)3-5-12(10)14(13)9-17(18)21/h3,5,8-9,13,15-16,19-20H,2,4,6-7H2,1H3. The molecule has 3 aliphatic carbocycles. The van der Waals surface area contributed by atoms with Gasteiger partial charge in [0, 0.05) is 0 Å². The number of rotatable bonds is 0. The van der Waals surface area contributed by atoms with E-state index < -0.39 is 11.5 Å². The van der Waals surface area contributed by atoms with Gasteiger partial charge in [-0.25, -0.2) is 0 Å². The summed E-state index contributed by atoms with van der Waals surface area (Å²) >= 11 is 0. The second-order valence-electron chi connectivity index (χ2n) is 6.93. The molecule has 1 aromatic carbocycles. The number of carbonyl (C=O) groups excluding carboxylic acids is 1. The van der Waals surface area contributed by atoms with Crippen molar-refractivity contribution in [3.05, 3.63) is 35.4 Å². The number of phenols is 1. The fraction of sp³-hybridized carbons (Fsp3) is 0.500. The highest BCUT2D eigenvalue weighted by Crippen LogP contribution is 2.57. The Kier molecular flexibility index (Phi) is 2.62. The molecule has 0 aliphatic heterocycles. The maximum Gasteiger partial charge on any atom is 0.164 e. The fourth-order valence-electron chi connectivity index (χ4n) is 4.78. The molecule has 2 N–H and O–H groups in total. The van der Waals surface area contributed by atoms with Crippen LogP contribution in [0.5, 0.6) is 5.75 Å². The minimum atomic E-state index is -0.595. The first kappa shape index (κ1) is 13.1. The molecule has 0 aromatic heterocycles. The van der Waals surface area contributed by atoms with Crippen LogP contribution in [0.2, 0.25) is 0 Å². The normalized spacial score (nSPS) is 37.5. The number of aromatic hydroxyl groups is 1. The van der Waals surface area contributed by atoms with Crippen LogP contribution in [0.1, 0.15) is 37.3 Å². The van der Waals surface area contributed by atoms with Gasteiger partial charge >= 0.3 is 0 Å². The van der Waals surface area contributed by atoms with E-state index in [1.807, 2.05) is 19.1 Å². The Labute approximate surface area is 124 Å². The van der Waals surface area contributed by atoms with Gasteiger partial charge in [-0.3, -0.25) is 4.79 Å². The Bertz CT molecular complexity index is 660. The topological polar surface area (TPSA) is 57.5 Å². The second kappa shape index (κ2) is 4.20. The Morgan fingerprint density at radius 1 is 1.24 bits per heavy atom. The van der Waals surface area contributed by atoms with Crippen LogP contribution in [0.4, 0.5) is 0 Å². The number of phenolic OH excluding ortho intramolecular Hbond substituents is 1. The second-order valence-corrected chi connectivity index (χ2v) is 6.93. The summed E-state index contributed by atoms with van der Waals surface area (Å²) < 4.78 is 0. The number of hydrogen-bond acceptors (Lipinski definition) is 3. The van der Waals surface area contributed by atoms with Gasteiger partial charge in [0.05, 0.1) is 11.5 Å². The average Bonchev–Trinajstić information content (AvgIpc) is 2.77. The van der Waals surface area contributed by atoms with Crippen LogP contribution in [-0.2, 0) is 11.2 Å². The quantitative estimate of drug-likeness (QED) is 0.770. The summed E-state index contributed by atoms with van der Waals surface area (Å²) in [5, 5.41) is 19.9. The van der Waals surface area contributed by atoms with E-state index in [4.69, 9.17) is 0 Å². The van der Waals surface area contributed by atoms with Crippen LogP contribution in [-0.4, -0.2) is 22.1 Å². The maximum atomic E-state index is 12.7. The van der Waals surface area contributed by atoms with Crippen LogP contribution in [0.15, 0.2) is 24.3 Å². The number of hydrogen-bond donors (Lipinski definition) is 2. The summed E-state index contributed by atoms with van der Waals surface area (Å²) in [5.74, 6) is 0.976. The SMILES string of the molecule is CC12C(=O)C=C3c4ccc(O)cc4CCC3C1CCC2O. The monoisotopic (exact) mass is 284 g/mol. The third-order valence-electron chi connectivity index (χ3n) is 6.04. The van der Waals surface area contributed by atoms with Crippen LogP contribution >= 0.6 is 0 Å². The van der Waals surface area contributed by atoms with E-state index in [1.54, 1.807) is 12.1 Å². The van der Waals surface area contributed by atoms with Crippen molar-refractivity contribution in [1.29, 1.82) is 0 Å². The van der Waals surface area contributed by atoms with E-state index in [-0.39, 0.29) is 17.5 Å². The molecule has 0 radical (unpaired) electrons. The number of carbonyl (C=O) groups is 1. The van der Waals surface area contributed by atoms with E-state index in [2.05, 4.69) is 0 Å². The summed E-state index contributed by atoms with van der Waals surface area (Å²) in [6.07, 6.45) is 4.86. The smallest absolute Gasteiger partial charge is 0.164 e. The first-order valence-corrected chi connectivity index (χ1v) is 7.78. The highest BCUT2D eigenvalue weighted by molar-refractivity contribution is 6.04. The number of benzene rings is 1. The van der Waals surface area contributed by atoms with Gasteiger partial charge in [0.2, 0.25) is 0 Å². The maximum absolute atomic E-state index is 12.7. The van der Waals surface area contributed by atoms with Crippen molar-refractivity contribution in [2.75, 3.05) is 0 Å². The van der Waals surface area contributed by atoms with Crippen LogP contribution in [0.25, 0.3) is 5.57 Å². The number of aryl methyl sites for hydroxylation is 1. The average molecular weight is 284 g/mol. The van der Waals surface area contributed by atoms with Gasteiger partial charge in [-0.1, -0.05) is 6.07 Å². The molecule has 21 heavy (non-hydrogen) atoms. The number of aliphatic hydroxyl groups is 1. The van der Waals surface area contributed by atoms with Crippen molar-refractivity contribution in [3.63, 3.8) is 0 Å². The van der Waals surface area contributed by atoms with Gasteiger partial charge in [-0.15, -0.1) is 0 Å². The molecular formula is C18H20O3. The molecule has 0 amide bonds. The van der Waals surface area contributed by atoms with Gasteiger partial charge in [-0.05, 0) is 79.4 Å². The molecular weight excluding hydrogens is 264 g/mol. The zero-order chi connectivity index (χ0) is 14.8. The molecule has 1 aromatic rings. The predicted octanol–water partition coefficient (Wildman–Crippen LogP) is 2.70. The van der Waals surface area contributed by atoms with E-state index >= 15 is 0 Å². The minimum absolute atomic E-state index is 0.0738. The molecule has 0 heterocycles. The van der Waals surface area contributed by atoms with Crippen molar-refractivity contribution in [2.24, 2.45) is 17.3 Å². The Balaban J connectivity index is 1.86. The molecule has 110 valence electrons. The minimum Gasteiger partial charge on any atom is -0.508 e. The van der Waals surface area contributed by atoms with Crippen molar-refractivity contribution in [3.8, 4) is 5.75 Å². The fourth-order valence-corrected chi connectivity index (χ4v) is 4.78. The lowest BCUT2D eigenvalue weighted by atomic mass is 9.59. The number of aliphatic hydroxyl groups excluding tert-OH is 1. The van der Waals surface area contributed by atoms with Gasteiger partial charge in [0.25, 0.3) is 0 Å². The van der Waals surface area contributed by atoms with Gasteiger partial charge in [-0.2, -0.15) is 0 Å². The Hall–Kier alpha value is -1.61. The number of allylic oxidation sites excluding steroid dienone is 2. The molecule has 0 bridgehead atoms. The van der Waals surface area contributed by atoms with Gasteiger partial charge in [0.1, 0.15) is 5.75 Å². The van der Waals surface area contributed by atoms with Crippen LogP contribution in [0.3, 0.4) is 0 Å². The summed E-state index contributed by atoms with van der Waals surface area (Å²) in [7, 11) is 0. The molecule has 4 unspecified atom stereocenters. The molecule has 0 spiro atoms. The third kappa shape index (κ3) is 1.61. The first-order chi connectivity index (χ1) is 10.0. The zero-order valence-corrected chi connectivity index (χ0v) is 12.2. The molecule has 4 rings (SSSR count). The molecule has 3 aliphatic rings. The lowest BCUT2D eigenvalue weighted by Crippen LogP contribution is -2.46. The summed E-state index contributed by atoms with van der Waals surface area (Å²) in [6.45, 7) is 1.94. The molecule has 1 saturated carbocycles. The van der Waals surface area contributed by atoms with Crippen LogP contribution in [0, 0.1) is 17.3 Å². The Morgan fingerprint density at radius 2 is 2.05 bits per heavy atom. The molecule has 1 fully saturated rings. The zero-order valence-electron chi connectivity index (χ0n) is 12.2. The summed E-state index contributed by atoms with van der Waals surface area (Å²) in [4.78, 5) is 12.7. The summed E-state index contributed by atoms with van der Waals surface area (Å²) in [5.41, 5.74) is 2.77. The lowest BCUT2D eigenvalue weighted by molar-refractivity contribution is -0.132. The summed E-state index contributed by atoms with van der Waals surface area (Å²) in [6, 6.07) is 5.45. The largest absolute Gasteiger partial charge is 0.508 e. The number of ketones is 1. The van der Waals surface area contributed by atoms with E-state index in [0.29, 0.717) is 5.92 Å². The van der Waals surface area contributed by atoms with Crippen molar-refractivity contribution in [1.82, 2.24) is 0 Å². The third-order valence-corrected chi connectivity index (χ3v) is 6.04. The lowest BCUT2D eigenvalue weighted by Gasteiger charge is -2.44. The van der Waals surface area contributed by atoms with E-state index in [9.17, 15) is 15.0 Å². The first-order valence-electron chi connectivity index (χ1n) is 7.78. The molecule has 0 saturated heterocycles. The van der Waals surface area contributed by atoms with Crippen molar-refractivity contribution >= 4 is 11.4 Å². The Morgan fingerprint density at radius 3 is 2.86 bits per heavy atom. The highest BCUT2D eigenvalue weighted by atomic mass is 16.3. The van der Waals surface area contributed by atoms with Crippen molar-refractivity contribution in [2.45, 2.75) is 38.7 Å². The van der Waals surface area contributed by atoms with Crippen LogP contribution < -0.4 is 0 Å². The molecule has 4 atom stereocenters. The molecule has 3 heteroatoms.